The van der Waals surface area contributed by atoms with Crippen LogP contribution in [0.3, 0.4) is 0 Å². The van der Waals surface area contributed by atoms with E-state index in [0.717, 1.165) is 6.42 Å². The number of aliphatic hydroxyl groups excluding tert-OH is 1. The molecule has 0 atom stereocenters. The Labute approximate surface area is 119 Å². The fraction of sp³-hybridized carbons (Fsp3) is 0.500. The van der Waals surface area contributed by atoms with E-state index in [1.807, 2.05) is 0 Å². The zero-order valence-electron chi connectivity index (χ0n) is 11.2. The van der Waals surface area contributed by atoms with Crippen LogP contribution in [0.1, 0.15) is 31.2 Å². The van der Waals surface area contributed by atoms with Crippen LogP contribution in [0.4, 0.5) is 0 Å². The van der Waals surface area contributed by atoms with Crippen LogP contribution < -0.4 is 4.72 Å². The molecule has 2 N–H and O–H groups in total. The van der Waals surface area contributed by atoms with E-state index >= 15 is 0 Å². The van der Waals surface area contributed by atoms with E-state index in [9.17, 15) is 8.42 Å². The summed E-state index contributed by atoms with van der Waals surface area (Å²) in [5, 5.41) is 8.63. The Kier molecular flexibility index (Phi) is 5.12. The number of hydrogen-bond donors (Lipinski definition) is 2. The fourth-order valence-electron chi connectivity index (χ4n) is 2.04. The van der Waals surface area contributed by atoms with Gasteiger partial charge >= 0.3 is 0 Å². The van der Waals surface area contributed by atoms with Gasteiger partial charge < -0.3 is 5.11 Å². The van der Waals surface area contributed by atoms with E-state index in [1.165, 1.54) is 37.7 Å². The molecule has 1 fully saturated rings. The molecule has 0 unspecified atom stereocenters. The van der Waals surface area contributed by atoms with Crippen molar-refractivity contribution < 1.29 is 13.5 Å². The van der Waals surface area contributed by atoms with Crippen molar-refractivity contribution in [2.75, 3.05) is 13.2 Å². The second kappa shape index (κ2) is 6.84. The predicted octanol–water partition coefficient (Wildman–Crippen LogP) is 0.894. The minimum atomic E-state index is -3.53. The van der Waals surface area contributed by atoms with Crippen LogP contribution in [0.15, 0.2) is 23.4 Å². The molecule has 1 aromatic heterocycles. The van der Waals surface area contributed by atoms with Crippen molar-refractivity contribution in [3.63, 3.8) is 0 Å². The first-order valence-electron chi connectivity index (χ1n) is 6.66. The number of rotatable bonds is 5. The van der Waals surface area contributed by atoms with Crippen molar-refractivity contribution in [2.24, 2.45) is 5.92 Å². The van der Waals surface area contributed by atoms with Gasteiger partial charge in [0, 0.05) is 24.5 Å². The summed E-state index contributed by atoms with van der Waals surface area (Å²) in [6.07, 6.45) is 7.32. The highest BCUT2D eigenvalue weighted by atomic mass is 32.2. The highest BCUT2D eigenvalue weighted by molar-refractivity contribution is 7.89. The summed E-state index contributed by atoms with van der Waals surface area (Å²) < 4.78 is 26.8. The summed E-state index contributed by atoms with van der Waals surface area (Å²) in [6.45, 7) is 0.191. The number of hydrogen-bond acceptors (Lipinski definition) is 4. The molecule has 1 heterocycles. The molecule has 1 aliphatic rings. The summed E-state index contributed by atoms with van der Waals surface area (Å²) in [7, 11) is -3.53. The van der Waals surface area contributed by atoms with Gasteiger partial charge in [0.2, 0.25) is 10.0 Å². The van der Waals surface area contributed by atoms with Crippen LogP contribution >= 0.6 is 0 Å². The minimum absolute atomic E-state index is 0.107. The third-order valence-electron chi connectivity index (χ3n) is 3.40. The first kappa shape index (κ1) is 15.0. The Balaban J connectivity index is 2.00. The van der Waals surface area contributed by atoms with Gasteiger partial charge in [-0.2, -0.15) is 0 Å². The monoisotopic (exact) mass is 294 g/mol. The lowest BCUT2D eigenvalue weighted by molar-refractivity contribution is 0.297. The highest BCUT2D eigenvalue weighted by Crippen LogP contribution is 2.28. The molecule has 20 heavy (non-hydrogen) atoms. The van der Waals surface area contributed by atoms with Crippen LogP contribution in [0.25, 0.3) is 0 Å². The minimum Gasteiger partial charge on any atom is -0.384 e. The van der Waals surface area contributed by atoms with Crippen molar-refractivity contribution >= 4 is 10.0 Å². The Morgan fingerprint density at radius 1 is 1.40 bits per heavy atom. The van der Waals surface area contributed by atoms with Gasteiger partial charge in [-0.15, -0.1) is 0 Å². The predicted molar refractivity (Wildman–Crippen MR) is 75.3 cm³/mol. The van der Waals surface area contributed by atoms with Crippen LogP contribution in [0.5, 0.6) is 0 Å². The molecule has 1 aliphatic carbocycles. The fourth-order valence-corrected chi connectivity index (χ4v) is 3.07. The van der Waals surface area contributed by atoms with Crippen LogP contribution in [-0.4, -0.2) is 31.7 Å². The average molecular weight is 294 g/mol. The number of aliphatic hydroxyl groups is 1. The maximum absolute atomic E-state index is 12.1. The first-order valence-corrected chi connectivity index (χ1v) is 8.14. The van der Waals surface area contributed by atoms with E-state index in [2.05, 4.69) is 21.5 Å². The molecule has 6 heteroatoms. The SMILES string of the molecule is O=S(=O)(NCCC1CCC1)c1cncc(C#CCO)c1. The molecule has 0 aliphatic heterocycles. The van der Waals surface area contributed by atoms with E-state index in [-0.39, 0.29) is 11.5 Å². The molecule has 5 nitrogen and oxygen atoms in total. The molecule has 0 aromatic carbocycles. The lowest BCUT2D eigenvalue weighted by Gasteiger charge is -2.25. The van der Waals surface area contributed by atoms with Gasteiger partial charge in [0.15, 0.2) is 0 Å². The van der Waals surface area contributed by atoms with Crippen LogP contribution in [0, 0.1) is 17.8 Å². The summed E-state index contributed by atoms with van der Waals surface area (Å²) in [5.74, 6) is 5.78. The maximum atomic E-state index is 12.1. The molecule has 108 valence electrons. The van der Waals surface area contributed by atoms with Gasteiger partial charge in [-0.05, 0) is 18.4 Å². The van der Waals surface area contributed by atoms with Crippen molar-refractivity contribution in [3.05, 3.63) is 24.0 Å². The molecule has 1 aromatic rings. The van der Waals surface area contributed by atoms with Gasteiger partial charge in [-0.25, -0.2) is 13.1 Å². The standard InChI is InChI=1S/C14H18N2O3S/c17-8-2-5-13-9-14(11-15-10-13)20(18,19)16-7-6-12-3-1-4-12/h9-12,16-17H,1,3-4,6-8H2. The smallest absolute Gasteiger partial charge is 0.242 e. The van der Waals surface area contributed by atoms with Gasteiger partial charge in [-0.3, -0.25) is 4.98 Å². The summed E-state index contributed by atoms with van der Waals surface area (Å²) in [5.41, 5.74) is 0.473. The number of pyridine rings is 1. The zero-order valence-corrected chi connectivity index (χ0v) is 12.0. The third-order valence-corrected chi connectivity index (χ3v) is 4.83. The van der Waals surface area contributed by atoms with Crippen molar-refractivity contribution in [3.8, 4) is 11.8 Å². The zero-order chi connectivity index (χ0) is 14.4. The lowest BCUT2D eigenvalue weighted by Crippen LogP contribution is -2.27. The highest BCUT2D eigenvalue weighted by Gasteiger charge is 2.19. The van der Waals surface area contributed by atoms with Crippen molar-refractivity contribution in [1.82, 2.24) is 9.71 Å². The second-order valence-corrected chi connectivity index (χ2v) is 6.62. The van der Waals surface area contributed by atoms with Gasteiger partial charge in [0.1, 0.15) is 11.5 Å². The first-order chi connectivity index (χ1) is 9.62. The average Bonchev–Trinajstić information content (AvgIpc) is 2.39. The Bertz CT molecular complexity index is 613. The lowest BCUT2D eigenvalue weighted by atomic mass is 9.83. The number of sulfonamides is 1. The summed E-state index contributed by atoms with van der Waals surface area (Å²) in [4.78, 5) is 3.98. The van der Waals surface area contributed by atoms with Crippen molar-refractivity contribution in [2.45, 2.75) is 30.6 Å². The van der Waals surface area contributed by atoms with Crippen LogP contribution in [-0.2, 0) is 10.0 Å². The van der Waals surface area contributed by atoms with E-state index in [1.54, 1.807) is 0 Å². The molecule has 0 amide bonds. The quantitative estimate of drug-likeness (QED) is 0.791. The number of aromatic nitrogens is 1. The van der Waals surface area contributed by atoms with Gasteiger partial charge in [-0.1, -0.05) is 31.1 Å². The summed E-state index contributed by atoms with van der Waals surface area (Å²) >= 11 is 0. The Morgan fingerprint density at radius 3 is 2.85 bits per heavy atom. The van der Waals surface area contributed by atoms with E-state index in [4.69, 9.17) is 5.11 Å². The normalized spacial score (nSPS) is 15.2. The molecule has 2 rings (SSSR count). The molecule has 0 spiro atoms. The molecule has 0 bridgehead atoms. The molecule has 0 radical (unpaired) electrons. The largest absolute Gasteiger partial charge is 0.384 e. The Hall–Kier alpha value is -1.42. The summed E-state index contributed by atoms with van der Waals surface area (Å²) in [6, 6.07) is 1.46. The maximum Gasteiger partial charge on any atom is 0.242 e. The second-order valence-electron chi connectivity index (χ2n) is 4.85. The van der Waals surface area contributed by atoms with Crippen LogP contribution in [0.2, 0.25) is 0 Å². The number of nitrogens with one attached hydrogen (secondary N) is 1. The third kappa shape index (κ3) is 4.04. The van der Waals surface area contributed by atoms with E-state index < -0.39 is 10.0 Å². The molecular weight excluding hydrogens is 276 g/mol. The molecule has 1 saturated carbocycles. The topological polar surface area (TPSA) is 79.3 Å². The van der Waals surface area contributed by atoms with Crippen molar-refractivity contribution in [1.29, 1.82) is 0 Å². The van der Waals surface area contributed by atoms with Gasteiger partial charge in [0.05, 0.1) is 0 Å². The Morgan fingerprint density at radius 2 is 2.20 bits per heavy atom. The van der Waals surface area contributed by atoms with Gasteiger partial charge in [0.25, 0.3) is 0 Å². The number of nitrogens with zero attached hydrogens (tertiary/aromatic N) is 1. The molecular formula is C14H18N2O3S. The molecule has 0 saturated heterocycles. The van der Waals surface area contributed by atoms with E-state index in [0.29, 0.717) is 18.0 Å².